The molecule has 0 aliphatic heterocycles. The number of hydrogen-bond acceptors (Lipinski definition) is 8. The van der Waals surface area contributed by atoms with E-state index in [0.29, 0.717) is 16.7 Å². The largest absolute Gasteiger partial charge is 0.493 e. The summed E-state index contributed by atoms with van der Waals surface area (Å²) in [5.74, 6) is -0.560. The van der Waals surface area contributed by atoms with Gasteiger partial charge < -0.3 is 9.47 Å². The van der Waals surface area contributed by atoms with Gasteiger partial charge in [-0.05, 0) is 66.6 Å². The number of fused-ring (bicyclic) bond motifs is 3. The molecule has 8 nitrogen and oxygen atoms in total. The minimum atomic E-state index is -0.773. The maximum absolute atomic E-state index is 14.0. The van der Waals surface area contributed by atoms with Crippen molar-refractivity contribution in [3.05, 3.63) is 68.2 Å². The Balaban J connectivity index is 1.48. The van der Waals surface area contributed by atoms with Gasteiger partial charge in [0.25, 0.3) is 11.4 Å². The fourth-order valence-corrected chi connectivity index (χ4v) is 5.05. The molecule has 4 aromatic rings. The summed E-state index contributed by atoms with van der Waals surface area (Å²) in [5.41, 5.74) is 1.50. The number of halogens is 2. The van der Waals surface area contributed by atoms with Gasteiger partial charge in [-0.1, -0.05) is 0 Å². The number of methoxy groups -OCH3 is 1. The summed E-state index contributed by atoms with van der Waals surface area (Å²) < 4.78 is 26.1. The monoisotopic (exact) mass is 485 g/mol. The molecule has 0 fully saturated rings. The molecule has 0 atom stereocenters. The predicted molar refractivity (Wildman–Crippen MR) is 124 cm³/mol. The number of rotatable bonds is 5. The van der Waals surface area contributed by atoms with Crippen molar-refractivity contribution in [1.29, 1.82) is 0 Å². The Morgan fingerprint density at radius 2 is 2.09 bits per heavy atom. The molecule has 0 radical (unpaired) electrons. The topological polar surface area (TPSA) is 91.5 Å². The molecule has 3 heterocycles. The lowest BCUT2D eigenvalue weighted by Gasteiger charge is -2.11. The number of aromatic nitrogens is 4. The SMILES string of the molecule is COc1ccc(/C=N/n2cnc3sc4c(c3c2=O)CCCC4)cc1Oc1nc(Cl)ncc1F. The molecule has 0 N–H and O–H groups in total. The molecule has 5 rings (SSSR count). The van der Waals surface area contributed by atoms with Crippen LogP contribution in [-0.2, 0) is 12.8 Å². The van der Waals surface area contributed by atoms with Crippen molar-refractivity contribution in [2.75, 3.05) is 7.11 Å². The second-order valence-corrected chi connectivity index (χ2v) is 8.76. The van der Waals surface area contributed by atoms with Crippen LogP contribution in [0.5, 0.6) is 17.4 Å². The van der Waals surface area contributed by atoms with Crippen LogP contribution in [0.3, 0.4) is 0 Å². The number of benzene rings is 1. The van der Waals surface area contributed by atoms with E-state index in [4.69, 9.17) is 21.1 Å². The summed E-state index contributed by atoms with van der Waals surface area (Å²) in [6.45, 7) is 0. The molecule has 0 amide bonds. The van der Waals surface area contributed by atoms with Gasteiger partial charge in [0, 0.05) is 4.88 Å². The minimum absolute atomic E-state index is 0.152. The number of aryl methyl sites for hydroxylation is 2. The van der Waals surface area contributed by atoms with Crippen molar-refractivity contribution < 1.29 is 13.9 Å². The Labute approximate surface area is 196 Å². The van der Waals surface area contributed by atoms with Crippen LogP contribution in [0, 0.1) is 5.82 Å². The highest BCUT2D eigenvalue weighted by molar-refractivity contribution is 7.18. The van der Waals surface area contributed by atoms with Gasteiger partial charge in [-0.3, -0.25) is 4.79 Å². The lowest BCUT2D eigenvalue weighted by molar-refractivity contribution is 0.363. The molecule has 0 spiro atoms. The van der Waals surface area contributed by atoms with Gasteiger partial charge in [-0.15, -0.1) is 11.3 Å². The second-order valence-electron chi connectivity index (χ2n) is 7.33. The summed E-state index contributed by atoms with van der Waals surface area (Å²) >= 11 is 7.33. The summed E-state index contributed by atoms with van der Waals surface area (Å²) in [6.07, 6.45) is 7.92. The van der Waals surface area contributed by atoms with E-state index in [-0.39, 0.29) is 22.5 Å². The molecule has 1 aliphatic rings. The Morgan fingerprint density at radius 1 is 1.24 bits per heavy atom. The van der Waals surface area contributed by atoms with Crippen LogP contribution in [-0.4, -0.2) is 33.0 Å². The molecule has 0 saturated heterocycles. The van der Waals surface area contributed by atoms with Crippen molar-refractivity contribution in [2.45, 2.75) is 25.7 Å². The Morgan fingerprint density at radius 3 is 2.94 bits per heavy atom. The van der Waals surface area contributed by atoms with Crippen molar-refractivity contribution in [3.8, 4) is 17.4 Å². The fourth-order valence-electron chi connectivity index (χ4n) is 3.71. The molecule has 33 heavy (non-hydrogen) atoms. The smallest absolute Gasteiger partial charge is 0.282 e. The minimum Gasteiger partial charge on any atom is -0.493 e. The second kappa shape index (κ2) is 8.87. The number of nitrogens with zero attached hydrogens (tertiary/aromatic N) is 5. The lowest BCUT2D eigenvalue weighted by atomic mass is 9.97. The first-order valence-corrected chi connectivity index (χ1v) is 11.3. The molecular weight excluding hydrogens is 469 g/mol. The summed E-state index contributed by atoms with van der Waals surface area (Å²) in [6, 6.07) is 4.94. The third-order valence-electron chi connectivity index (χ3n) is 5.27. The van der Waals surface area contributed by atoms with Gasteiger partial charge in [-0.25, -0.2) is 9.97 Å². The van der Waals surface area contributed by atoms with E-state index in [2.05, 4.69) is 20.1 Å². The highest BCUT2D eigenvalue weighted by atomic mass is 35.5. The molecule has 0 saturated carbocycles. The van der Waals surface area contributed by atoms with Crippen LogP contribution in [0.2, 0.25) is 5.28 Å². The summed E-state index contributed by atoms with van der Waals surface area (Å²) in [4.78, 5) is 26.8. The molecule has 0 unspecified atom stereocenters. The Hall–Kier alpha value is -3.37. The van der Waals surface area contributed by atoms with Crippen LogP contribution in [0.4, 0.5) is 4.39 Å². The zero-order valence-electron chi connectivity index (χ0n) is 17.4. The first-order valence-electron chi connectivity index (χ1n) is 10.1. The van der Waals surface area contributed by atoms with Crippen molar-refractivity contribution >= 4 is 39.4 Å². The highest BCUT2D eigenvalue weighted by Crippen LogP contribution is 2.34. The average Bonchev–Trinajstić information content (AvgIpc) is 3.20. The molecule has 11 heteroatoms. The van der Waals surface area contributed by atoms with Gasteiger partial charge in [0.15, 0.2) is 11.5 Å². The van der Waals surface area contributed by atoms with E-state index < -0.39 is 5.82 Å². The van der Waals surface area contributed by atoms with Crippen LogP contribution in [0.15, 0.2) is 40.6 Å². The Kier molecular flexibility index (Phi) is 5.77. The van der Waals surface area contributed by atoms with Crippen LogP contribution < -0.4 is 15.0 Å². The van der Waals surface area contributed by atoms with Crippen LogP contribution in [0.1, 0.15) is 28.8 Å². The van der Waals surface area contributed by atoms with E-state index >= 15 is 0 Å². The van der Waals surface area contributed by atoms with Crippen molar-refractivity contribution in [2.24, 2.45) is 5.10 Å². The molecule has 3 aromatic heterocycles. The van der Waals surface area contributed by atoms with Crippen LogP contribution in [0.25, 0.3) is 10.2 Å². The van der Waals surface area contributed by atoms with Crippen molar-refractivity contribution in [3.63, 3.8) is 0 Å². The van der Waals surface area contributed by atoms with Gasteiger partial charge in [0.1, 0.15) is 11.2 Å². The maximum Gasteiger partial charge on any atom is 0.282 e. The van der Waals surface area contributed by atoms with Gasteiger partial charge >= 0.3 is 0 Å². The zero-order chi connectivity index (χ0) is 22.9. The summed E-state index contributed by atoms with van der Waals surface area (Å²) in [5, 5.41) is 4.80. The zero-order valence-corrected chi connectivity index (χ0v) is 19.0. The van der Waals surface area contributed by atoms with Gasteiger partial charge in [-0.2, -0.15) is 19.2 Å². The fraction of sp³-hybridized carbons (Fsp3) is 0.227. The first-order chi connectivity index (χ1) is 16.0. The normalized spacial score (nSPS) is 13.4. The third kappa shape index (κ3) is 4.19. The first kappa shape index (κ1) is 21.5. The summed E-state index contributed by atoms with van der Waals surface area (Å²) in [7, 11) is 1.46. The third-order valence-corrected chi connectivity index (χ3v) is 6.65. The predicted octanol–water partition coefficient (Wildman–Crippen LogP) is 4.60. The highest BCUT2D eigenvalue weighted by Gasteiger charge is 2.20. The lowest BCUT2D eigenvalue weighted by Crippen LogP contribution is -2.18. The van der Waals surface area contributed by atoms with Crippen LogP contribution >= 0.6 is 22.9 Å². The van der Waals surface area contributed by atoms with E-state index in [0.717, 1.165) is 42.3 Å². The van der Waals surface area contributed by atoms with E-state index in [9.17, 15) is 9.18 Å². The number of ether oxygens (including phenoxy) is 2. The standard InChI is InChI=1S/C22H17ClFN5O3S/c1-31-15-7-6-12(8-16(15)32-19-14(24)10-25-22(23)28-19)9-27-29-11-26-20-18(21(29)30)13-4-2-3-5-17(13)33-20/h6-11H,2-5H2,1H3/b27-9+. The van der Waals surface area contributed by atoms with E-state index in [1.807, 2.05) is 0 Å². The average molecular weight is 486 g/mol. The maximum atomic E-state index is 14.0. The molecule has 1 aromatic carbocycles. The van der Waals surface area contributed by atoms with Gasteiger partial charge in [0.2, 0.25) is 11.1 Å². The molecular formula is C22H17ClFN5O3S. The number of hydrogen-bond donors (Lipinski definition) is 0. The quantitative estimate of drug-likeness (QED) is 0.303. The number of thiophene rings is 1. The Bertz CT molecular complexity index is 1450. The molecule has 0 bridgehead atoms. The molecule has 168 valence electrons. The van der Waals surface area contributed by atoms with E-state index in [1.54, 1.807) is 29.5 Å². The van der Waals surface area contributed by atoms with Gasteiger partial charge in [0.05, 0.1) is 24.9 Å². The van der Waals surface area contributed by atoms with Crippen molar-refractivity contribution in [1.82, 2.24) is 19.6 Å². The van der Waals surface area contributed by atoms with E-state index in [1.165, 1.54) is 29.2 Å². The molecule has 1 aliphatic carbocycles.